The van der Waals surface area contributed by atoms with E-state index in [9.17, 15) is 4.79 Å². The van der Waals surface area contributed by atoms with Crippen molar-refractivity contribution in [3.63, 3.8) is 0 Å². The van der Waals surface area contributed by atoms with Gasteiger partial charge in [-0.05, 0) is 42.9 Å². The number of aromatic nitrogens is 3. The van der Waals surface area contributed by atoms with Gasteiger partial charge in [-0.3, -0.25) is 9.89 Å². The number of hydrogen-bond acceptors (Lipinski definition) is 3. The molecule has 4 N–H and O–H groups in total. The van der Waals surface area contributed by atoms with Gasteiger partial charge >= 0.3 is 0 Å². The molecular weight excluding hydrogens is 338 g/mol. The van der Waals surface area contributed by atoms with Crippen LogP contribution in [-0.2, 0) is 37.1 Å². The number of amides is 1. The van der Waals surface area contributed by atoms with E-state index in [1.165, 1.54) is 40.7 Å². The highest BCUT2D eigenvalue weighted by Gasteiger charge is 2.16. The Morgan fingerprint density at radius 2 is 2.11 bits per heavy atom. The molecule has 0 saturated carbocycles. The lowest BCUT2D eigenvalue weighted by molar-refractivity contribution is -0.118. The Morgan fingerprint density at radius 3 is 3.00 bits per heavy atom. The number of carbonyl (C=O) groups is 1. The van der Waals surface area contributed by atoms with Crippen LogP contribution in [0.15, 0.2) is 30.5 Å². The number of aromatic amines is 1. The van der Waals surface area contributed by atoms with E-state index in [1.54, 1.807) is 0 Å². The van der Waals surface area contributed by atoms with Gasteiger partial charge in [-0.15, -0.1) is 0 Å². The summed E-state index contributed by atoms with van der Waals surface area (Å²) in [6, 6.07) is 8.31. The van der Waals surface area contributed by atoms with Crippen molar-refractivity contribution in [1.29, 1.82) is 0 Å². The van der Waals surface area contributed by atoms with E-state index in [0.29, 0.717) is 13.0 Å². The molecule has 142 valence electrons. The summed E-state index contributed by atoms with van der Waals surface area (Å²) in [7, 11) is 0. The van der Waals surface area contributed by atoms with Gasteiger partial charge in [0.2, 0.25) is 5.91 Å². The predicted molar refractivity (Wildman–Crippen MR) is 106 cm³/mol. The highest BCUT2D eigenvalue weighted by molar-refractivity contribution is 5.84. The zero-order valence-electron chi connectivity index (χ0n) is 15.6. The molecule has 2 aromatic heterocycles. The second-order valence-corrected chi connectivity index (χ2v) is 7.34. The Hall–Kier alpha value is -2.60. The molecule has 1 aliphatic rings. The molecule has 0 spiro atoms. The molecule has 2 heterocycles. The fraction of sp³-hybridized carbons (Fsp3) is 0.429. The number of hydrogen-bond donors (Lipinski definition) is 3. The summed E-state index contributed by atoms with van der Waals surface area (Å²) < 4.78 is 2.13. The Labute approximate surface area is 159 Å². The maximum atomic E-state index is 11.1. The highest BCUT2D eigenvalue weighted by atomic mass is 16.1. The molecule has 3 aromatic rings. The summed E-state index contributed by atoms with van der Waals surface area (Å²) in [5.74, 6) is -0.269. The first-order chi connectivity index (χ1) is 13.2. The number of fused-ring (bicyclic) bond motifs is 2. The van der Waals surface area contributed by atoms with Crippen LogP contribution in [0.4, 0.5) is 0 Å². The number of H-pyrrole nitrogens is 1. The largest absolute Gasteiger partial charge is 0.370 e. The van der Waals surface area contributed by atoms with Gasteiger partial charge in [0.1, 0.15) is 0 Å². The molecule has 27 heavy (non-hydrogen) atoms. The Morgan fingerprint density at radius 1 is 1.26 bits per heavy atom. The van der Waals surface area contributed by atoms with Crippen LogP contribution in [0.2, 0.25) is 0 Å². The zero-order valence-corrected chi connectivity index (χ0v) is 15.6. The number of nitrogens with two attached hydrogens (primary N) is 1. The normalized spacial score (nSPS) is 13.8. The summed E-state index contributed by atoms with van der Waals surface area (Å²) in [5.41, 5.74) is 11.7. The minimum atomic E-state index is -0.269. The minimum Gasteiger partial charge on any atom is -0.370 e. The summed E-state index contributed by atoms with van der Waals surface area (Å²) in [6.45, 7) is 2.32. The van der Waals surface area contributed by atoms with Crippen molar-refractivity contribution >= 4 is 16.8 Å². The minimum absolute atomic E-state index is 0.269. The van der Waals surface area contributed by atoms with Crippen LogP contribution in [0, 0.1) is 0 Å². The van der Waals surface area contributed by atoms with Crippen LogP contribution in [0.3, 0.4) is 0 Å². The summed E-state index contributed by atoms with van der Waals surface area (Å²) >= 11 is 0. The number of nitrogens with one attached hydrogen (secondary N) is 2. The lowest BCUT2D eigenvalue weighted by Crippen LogP contribution is -2.17. The van der Waals surface area contributed by atoms with Crippen molar-refractivity contribution < 1.29 is 4.79 Å². The van der Waals surface area contributed by atoms with Crippen LogP contribution in [0.1, 0.15) is 41.8 Å². The molecule has 6 heteroatoms. The van der Waals surface area contributed by atoms with E-state index >= 15 is 0 Å². The average Bonchev–Trinajstić information content (AvgIpc) is 3.25. The molecule has 0 aliphatic heterocycles. The maximum absolute atomic E-state index is 11.1. The van der Waals surface area contributed by atoms with E-state index in [2.05, 4.69) is 44.5 Å². The first-order valence-corrected chi connectivity index (χ1v) is 9.83. The van der Waals surface area contributed by atoms with Gasteiger partial charge in [-0.1, -0.05) is 18.2 Å². The van der Waals surface area contributed by atoms with Gasteiger partial charge in [-0.2, -0.15) is 5.10 Å². The number of nitrogens with zero attached hydrogens (tertiary/aromatic N) is 2. The lowest BCUT2D eigenvalue weighted by Gasteiger charge is -2.11. The number of carbonyl (C=O) groups excluding carboxylic acids is 1. The van der Waals surface area contributed by atoms with E-state index in [1.807, 2.05) is 6.07 Å². The van der Waals surface area contributed by atoms with E-state index in [0.717, 1.165) is 37.9 Å². The third-order valence-electron chi connectivity index (χ3n) is 5.47. The second-order valence-electron chi connectivity index (χ2n) is 7.34. The topological polar surface area (TPSA) is 88.7 Å². The zero-order chi connectivity index (χ0) is 18.6. The fourth-order valence-corrected chi connectivity index (χ4v) is 4.07. The molecule has 6 nitrogen and oxygen atoms in total. The van der Waals surface area contributed by atoms with Gasteiger partial charge in [0.05, 0.1) is 5.69 Å². The van der Waals surface area contributed by atoms with Gasteiger partial charge < -0.3 is 15.6 Å². The van der Waals surface area contributed by atoms with Crippen molar-refractivity contribution in [2.75, 3.05) is 6.54 Å². The molecule has 0 unspecified atom stereocenters. The monoisotopic (exact) mass is 365 g/mol. The van der Waals surface area contributed by atoms with E-state index < -0.39 is 0 Å². The smallest absolute Gasteiger partial charge is 0.219 e. The van der Waals surface area contributed by atoms with Crippen molar-refractivity contribution in [2.45, 2.75) is 51.6 Å². The van der Waals surface area contributed by atoms with Crippen LogP contribution in [-0.4, -0.2) is 27.2 Å². The number of aryl methyl sites for hydroxylation is 2. The van der Waals surface area contributed by atoms with Crippen molar-refractivity contribution in [3.05, 3.63) is 53.0 Å². The highest BCUT2D eigenvalue weighted by Crippen LogP contribution is 2.23. The van der Waals surface area contributed by atoms with Crippen molar-refractivity contribution in [2.24, 2.45) is 5.73 Å². The first kappa shape index (κ1) is 17.8. The van der Waals surface area contributed by atoms with Crippen LogP contribution in [0.25, 0.3) is 10.9 Å². The van der Waals surface area contributed by atoms with Crippen LogP contribution < -0.4 is 11.1 Å². The van der Waals surface area contributed by atoms with Crippen LogP contribution >= 0.6 is 0 Å². The third-order valence-corrected chi connectivity index (χ3v) is 5.47. The molecule has 1 amide bonds. The Kier molecular flexibility index (Phi) is 5.25. The van der Waals surface area contributed by atoms with Crippen LogP contribution in [0.5, 0.6) is 0 Å². The van der Waals surface area contributed by atoms with Gasteiger partial charge in [0.25, 0.3) is 0 Å². The Bertz CT molecular complexity index is 939. The SMILES string of the molecule is NC(=O)CCn1cc(CNCCc2n[nH]c3c2CCCC3)c2ccccc21. The van der Waals surface area contributed by atoms with Gasteiger partial charge in [0, 0.05) is 55.3 Å². The van der Waals surface area contributed by atoms with E-state index in [4.69, 9.17) is 5.73 Å². The molecule has 1 aliphatic carbocycles. The predicted octanol–water partition coefficient (Wildman–Crippen LogP) is 2.45. The molecule has 0 atom stereocenters. The molecule has 0 bridgehead atoms. The third kappa shape index (κ3) is 3.90. The van der Waals surface area contributed by atoms with Gasteiger partial charge in [0.15, 0.2) is 0 Å². The lowest BCUT2D eigenvalue weighted by atomic mass is 9.95. The molecule has 0 saturated heterocycles. The quantitative estimate of drug-likeness (QED) is 0.536. The number of benzene rings is 1. The summed E-state index contributed by atoms with van der Waals surface area (Å²) in [4.78, 5) is 11.1. The summed E-state index contributed by atoms with van der Waals surface area (Å²) in [6.07, 6.45) is 8.29. The maximum Gasteiger partial charge on any atom is 0.219 e. The number of rotatable bonds is 8. The van der Waals surface area contributed by atoms with Crippen molar-refractivity contribution in [3.8, 4) is 0 Å². The molecule has 0 fully saturated rings. The average molecular weight is 365 g/mol. The van der Waals surface area contributed by atoms with Gasteiger partial charge in [-0.25, -0.2) is 0 Å². The first-order valence-electron chi connectivity index (χ1n) is 9.83. The molecular formula is C21H27N5O. The molecule has 4 rings (SSSR count). The summed E-state index contributed by atoms with van der Waals surface area (Å²) in [5, 5.41) is 12.5. The molecule has 0 radical (unpaired) electrons. The standard InChI is InChI=1S/C21H27N5O/c22-21(27)10-12-26-14-15(16-5-2-4-8-20(16)26)13-23-11-9-19-17-6-1-3-7-18(17)24-25-19/h2,4-5,8,14,23H,1,3,6-7,9-13H2,(H2,22,27)(H,24,25). The van der Waals surface area contributed by atoms with Crippen molar-refractivity contribution in [1.82, 2.24) is 20.1 Å². The fourth-order valence-electron chi connectivity index (χ4n) is 4.07. The Balaban J connectivity index is 1.39. The molecule has 1 aromatic carbocycles. The second kappa shape index (κ2) is 7.96. The number of para-hydroxylation sites is 1. The van der Waals surface area contributed by atoms with E-state index in [-0.39, 0.29) is 5.91 Å². The number of primary amides is 1.